The molecular formula is C46H38P2. The molecule has 1 saturated carbocycles. The van der Waals surface area contributed by atoms with E-state index in [9.17, 15) is 0 Å². The van der Waals surface area contributed by atoms with Crippen molar-refractivity contribution < 1.29 is 0 Å². The summed E-state index contributed by atoms with van der Waals surface area (Å²) in [5.41, 5.74) is 0. The van der Waals surface area contributed by atoms with Crippen LogP contribution in [0, 0.1) is 11.8 Å². The van der Waals surface area contributed by atoms with Crippen LogP contribution < -0.4 is 21.2 Å². The van der Waals surface area contributed by atoms with Gasteiger partial charge in [-0.25, -0.2) is 0 Å². The second-order valence-corrected chi connectivity index (χ2v) is 17.7. The van der Waals surface area contributed by atoms with E-state index in [1.165, 1.54) is 89.5 Å². The summed E-state index contributed by atoms with van der Waals surface area (Å²) < 4.78 is 0. The Hall–Kier alpha value is -4.34. The summed E-state index contributed by atoms with van der Waals surface area (Å²) in [7, 11) is -1.11. The Morgan fingerprint density at radius 3 is 0.833 bits per heavy atom. The molecule has 1 aliphatic rings. The molecule has 0 nitrogen and oxygen atoms in total. The highest BCUT2D eigenvalue weighted by atomic mass is 31.1. The van der Waals surface area contributed by atoms with Gasteiger partial charge in [-0.2, -0.15) is 0 Å². The van der Waals surface area contributed by atoms with Gasteiger partial charge in [-0.15, -0.1) is 0 Å². The molecule has 9 rings (SSSR count). The molecule has 0 saturated heterocycles. The van der Waals surface area contributed by atoms with E-state index >= 15 is 0 Å². The van der Waals surface area contributed by atoms with Gasteiger partial charge < -0.3 is 0 Å². The highest BCUT2D eigenvalue weighted by Gasteiger charge is 2.37. The SMILES string of the molecule is c1ccc2c(P(CC3CCC3CP(c3cccc4ccccc34)c3cccc4ccccc34)c3cccc4ccccc34)cccc2c1. The zero-order valence-electron chi connectivity index (χ0n) is 27.0. The third-order valence-corrected chi connectivity index (χ3v) is 16.2. The zero-order valence-corrected chi connectivity index (χ0v) is 28.8. The van der Waals surface area contributed by atoms with Crippen LogP contribution in [0.15, 0.2) is 170 Å². The molecule has 1 fully saturated rings. The molecule has 232 valence electrons. The number of hydrogen-bond acceptors (Lipinski definition) is 0. The summed E-state index contributed by atoms with van der Waals surface area (Å²) in [5, 5.41) is 17.2. The molecule has 0 bridgehead atoms. The first-order chi connectivity index (χ1) is 23.8. The van der Waals surface area contributed by atoms with Crippen LogP contribution >= 0.6 is 15.8 Å². The van der Waals surface area contributed by atoms with E-state index in [0.29, 0.717) is 11.8 Å². The van der Waals surface area contributed by atoms with Gasteiger partial charge in [0.1, 0.15) is 0 Å². The fraction of sp³-hybridized carbons (Fsp3) is 0.130. The Labute approximate surface area is 286 Å². The predicted molar refractivity (Wildman–Crippen MR) is 214 cm³/mol. The number of hydrogen-bond donors (Lipinski definition) is 0. The summed E-state index contributed by atoms with van der Waals surface area (Å²) in [5.74, 6) is 1.42. The lowest BCUT2D eigenvalue weighted by molar-refractivity contribution is 0.228. The van der Waals surface area contributed by atoms with Crippen molar-refractivity contribution >= 4 is 80.2 Å². The first-order valence-electron chi connectivity index (χ1n) is 17.3. The van der Waals surface area contributed by atoms with Crippen molar-refractivity contribution in [3.63, 3.8) is 0 Å². The summed E-state index contributed by atoms with van der Waals surface area (Å²) in [6.45, 7) is 0. The molecule has 2 atom stereocenters. The second kappa shape index (κ2) is 12.9. The predicted octanol–water partition coefficient (Wildman–Crippen LogP) is 10.9. The molecule has 2 heteroatoms. The molecule has 48 heavy (non-hydrogen) atoms. The third kappa shape index (κ3) is 5.43. The van der Waals surface area contributed by atoms with Gasteiger partial charge in [0.05, 0.1) is 0 Å². The molecule has 1 aliphatic carbocycles. The standard InChI is InChI=1S/C46H38P2/c1-5-21-39-33(13-1)17-9-25-43(39)47(44-26-10-18-34-14-2-6-22-40(34)44)31-37-29-30-38(37)32-48(45-27-11-19-35-15-3-7-23-41(35)45)46-28-12-20-36-16-4-8-24-42(36)46/h1-28,37-38H,29-32H2. The van der Waals surface area contributed by atoms with Crippen molar-refractivity contribution in [1.29, 1.82) is 0 Å². The molecular weight excluding hydrogens is 614 g/mol. The van der Waals surface area contributed by atoms with Crippen LogP contribution in [-0.4, -0.2) is 12.3 Å². The van der Waals surface area contributed by atoms with Crippen LogP contribution in [0.3, 0.4) is 0 Å². The Bertz CT molecular complexity index is 2060. The first-order valence-corrected chi connectivity index (χ1v) is 20.3. The van der Waals surface area contributed by atoms with Crippen molar-refractivity contribution in [1.82, 2.24) is 0 Å². The maximum absolute atomic E-state index is 2.43. The normalized spacial score (nSPS) is 16.3. The van der Waals surface area contributed by atoms with Gasteiger partial charge in [0.15, 0.2) is 0 Å². The molecule has 0 spiro atoms. The Kier molecular flexibility index (Phi) is 8.02. The van der Waals surface area contributed by atoms with Crippen molar-refractivity contribution in [2.24, 2.45) is 11.8 Å². The van der Waals surface area contributed by atoms with Gasteiger partial charge in [0.2, 0.25) is 0 Å². The number of fused-ring (bicyclic) bond motifs is 4. The van der Waals surface area contributed by atoms with Gasteiger partial charge in [0.25, 0.3) is 0 Å². The summed E-state index contributed by atoms with van der Waals surface area (Å²) in [4.78, 5) is 0. The molecule has 0 heterocycles. The smallest absolute Gasteiger partial charge is 0.0104 e. The Morgan fingerprint density at radius 1 is 0.312 bits per heavy atom. The minimum Gasteiger partial charge on any atom is -0.0616 e. The van der Waals surface area contributed by atoms with E-state index < -0.39 is 15.8 Å². The van der Waals surface area contributed by atoms with Gasteiger partial charge in [0, 0.05) is 0 Å². The van der Waals surface area contributed by atoms with E-state index in [4.69, 9.17) is 0 Å². The van der Waals surface area contributed by atoms with E-state index in [1.54, 1.807) is 0 Å². The minimum atomic E-state index is -0.554. The molecule has 8 aromatic carbocycles. The lowest BCUT2D eigenvalue weighted by Crippen LogP contribution is -2.35. The van der Waals surface area contributed by atoms with E-state index in [1.807, 2.05) is 0 Å². The topological polar surface area (TPSA) is 0 Å². The fourth-order valence-electron chi connectivity index (χ4n) is 8.02. The average molecular weight is 653 g/mol. The molecule has 8 aromatic rings. The van der Waals surface area contributed by atoms with Gasteiger partial charge in [-0.05, 0) is 117 Å². The first kappa shape index (κ1) is 29.8. The highest BCUT2D eigenvalue weighted by Crippen LogP contribution is 2.52. The van der Waals surface area contributed by atoms with Crippen LogP contribution in [0.1, 0.15) is 12.8 Å². The van der Waals surface area contributed by atoms with Crippen LogP contribution in [-0.2, 0) is 0 Å². The van der Waals surface area contributed by atoms with Gasteiger partial charge >= 0.3 is 0 Å². The molecule has 0 aliphatic heterocycles. The summed E-state index contributed by atoms with van der Waals surface area (Å²) >= 11 is 0. The van der Waals surface area contributed by atoms with Crippen molar-refractivity contribution in [3.8, 4) is 0 Å². The van der Waals surface area contributed by atoms with E-state index in [-0.39, 0.29) is 0 Å². The largest absolute Gasteiger partial charge is 0.0616 e. The van der Waals surface area contributed by atoms with Crippen molar-refractivity contribution in [2.45, 2.75) is 12.8 Å². The van der Waals surface area contributed by atoms with Crippen LogP contribution in [0.2, 0.25) is 0 Å². The van der Waals surface area contributed by atoms with Gasteiger partial charge in [-0.1, -0.05) is 170 Å². The zero-order chi connectivity index (χ0) is 31.9. The minimum absolute atomic E-state index is 0.554. The van der Waals surface area contributed by atoms with E-state index in [2.05, 4.69) is 170 Å². The molecule has 0 aromatic heterocycles. The second-order valence-electron chi connectivity index (χ2n) is 13.3. The Balaban J connectivity index is 1.13. The van der Waals surface area contributed by atoms with Crippen molar-refractivity contribution in [3.05, 3.63) is 170 Å². The highest BCUT2D eigenvalue weighted by molar-refractivity contribution is 7.74. The maximum Gasteiger partial charge on any atom is -0.0104 e. The van der Waals surface area contributed by atoms with Gasteiger partial charge in [-0.3, -0.25) is 0 Å². The molecule has 0 radical (unpaired) electrons. The van der Waals surface area contributed by atoms with E-state index in [0.717, 1.165) is 0 Å². The average Bonchev–Trinajstić information content (AvgIpc) is 3.15. The van der Waals surface area contributed by atoms with Crippen LogP contribution in [0.4, 0.5) is 0 Å². The quantitative estimate of drug-likeness (QED) is 0.143. The summed E-state index contributed by atoms with van der Waals surface area (Å²) in [6, 6.07) is 64.1. The molecule has 0 amide bonds. The molecule has 0 N–H and O–H groups in total. The lowest BCUT2D eigenvalue weighted by Gasteiger charge is -2.41. The number of rotatable bonds is 8. The van der Waals surface area contributed by atoms with Crippen LogP contribution in [0.5, 0.6) is 0 Å². The monoisotopic (exact) mass is 652 g/mol. The fourth-order valence-corrected chi connectivity index (χ4v) is 14.3. The maximum atomic E-state index is 2.43. The van der Waals surface area contributed by atoms with Crippen LogP contribution in [0.25, 0.3) is 43.1 Å². The summed E-state index contributed by atoms with van der Waals surface area (Å²) in [6.07, 6.45) is 5.15. The number of benzene rings is 8. The molecule has 2 unspecified atom stereocenters. The third-order valence-electron chi connectivity index (χ3n) is 10.6. The Morgan fingerprint density at radius 2 is 0.562 bits per heavy atom. The van der Waals surface area contributed by atoms with Crippen molar-refractivity contribution in [2.75, 3.05) is 12.3 Å². The lowest BCUT2D eigenvalue weighted by atomic mass is 9.76.